The number of likely N-dealkylation sites (N-methyl/N-ethyl adjacent to an activating group) is 2. The molecule has 1 atom stereocenters. The average Bonchev–Trinajstić information content (AvgIpc) is 2.95. The third-order valence-electron chi connectivity index (χ3n) is 4.46. The van der Waals surface area contributed by atoms with E-state index < -0.39 is 0 Å². The molecule has 0 bridgehead atoms. The number of rotatable bonds is 6. The molecule has 2 heterocycles. The zero-order valence-corrected chi connectivity index (χ0v) is 13.4. The first-order chi connectivity index (χ1) is 9.58. The van der Waals surface area contributed by atoms with E-state index >= 15 is 0 Å². The predicted octanol–water partition coefficient (Wildman–Crippen LogP) is 1.15. The Morgan fingerprint density at radius 2 is 2.20 bits per heavy atom. The van der Waals surface area contributed by atoms with Crippen molar-refractivity contribution >= 4 is 5.82 Å². The number of aryl methyl sites for hydroxylation is 2. The van der Waals surface area contributed by atoms with E-state index in [0.717, 1.165) is 25.2 Å². The van der Waals surface area contributed by atoms with Gasteiger partial charge in [-0.1, -0.05) is 6.92 Å². The summed E-state index contributed by atoms with van der Waals surface area (Å²) in [5, 5.41) is 4.57. The topological polar surface area (TPSA) is 50.3 Å². The molecule has 1 unspecified atom stereocenters. The molecule has 1 saturated heterocycles. The maximum Gasteiger partial charge on any atom is 0.129 e. The quantitative estimate of drug-likeness (QED) is 0.849. The second-order valence-corrected chi connectivity index (χ2v) is 5.86. The molecule has 1 aromatic heterocycles. The lowest BCUT2D eigenvalue weighted by Gasteiger charge is -2.29. The van der Waals surface area contributed by atoms with Crippen molar-refractivity contribution in [2.45, 2.75) is 39.2 Å². The molecule has 0 amide bonds. The lowest BCUT2D eigenvalue weighted by Crippen LogP contribution is -2.39. The van der Waals surface area contributed by atoms with E-state index in [1.807, 2.05) is 11.7 Å². The molecule has 2 rings (SSSR count). The Hall–Kier alpha value is -1.07. The molecule has 0 aromatic carbocycles. The molecule has 1 aliphatic heterocycles. The third-order valence-corrected chi connectivity index (χ3v) is 4.46. The van der Waals surface area contributed by atoms with E-state index in [0.29, 0.717) is 12.6 Å². The van der Waals surface area contributed by atoms with Crippen molar-refractivity contribution in [3.8, 4) is 0 Å². The highest BCUT2D eigenvalue weighted by atomic mass is 15.4. The Labute approximate surface area is 122 Å². The molecule has 0 saturated carbocycles. The van der Waals surface area contributed by atoms with Crippen LogP contribution in [0, 0.1) is 6.92 Å². The van der Waals surface area contributed by atoms with E-state index in [1.165, 1.54) is 30.8 Å². The Kier molecular flexibility index (Phi) is 5.05. The summed E-state index contributed by atoms with van der Waals surface area (Å²) in [6, 6.07) is 0.672. The van der Waals surface area contributed by atoms with E-state index in [2.05, 4.69) is 35.8 Å². The van der Waals surface area contributed by atoms with Gasteiger partial charge >= 0.3 is 0 Å². The van der Waals surface area contributed by atoms with Gasteiger partial charge in [-0.15, -0.1) is 0 Å². The molecular formula is C15H29N5. The second kappa shape index (κ2) is 6.59. The molecular weight excluding hydrogens is 250 g/mol. The number of nitrogens with zero attached hydrogens (tertiary/aromatic N) is 4. The van der Waals surface area contributed by atoms with Crippen molar-refractivity contribution < 1.29 is 0 Å². The minimum atomic E-state index is 0.672. The normalized spacial score (nSPS) is 19.8. The summed E-state index contributed by atoms with van der Waals surface area (Å²) in [5.74, 6) is 1.23. The molecule has 114 valence electrons. The lowest BCUT2D eigenvalue weighted by molar-refractivity contribution is 0.270. The molecule has 2 N–H and O–H groups in total. The van der Waals surface area contributed by atoms with Gasteiger partial charge in [-0.25, -0.2) is 0 Å². The molecule has 20 heavy (non-hydrogen) atoms. The number of hydrogen-bond acceptors (Lipinski definition) is 4. The van der Waals surface area contributed by atoms with E-state index in [1.54, 1.807) is 0 Å². The van der Waals surface area contributed by atoms with Crippen LogP contribution in [0.2, 0.25) is 0 Å². The zero-order chi connectivity index (χ0) is 14.7. The van der Waals surface area contributed by atoms with Gasteiger partial charge in [0.1, 0.15) is 5.82 Å². The van der Waals surface area contributed by atoms with Crippen molar-refractivity contribution in [2.24, 2.45) is 12.8 Å². The van der Waals surface area contributed by atoms with E-state index in [9.17, 15) is 0 Å². The Balaban J connectivity index is 2.14. The molecule has 1 aliphatic rings. The summed E-state index contributed by atoms with van der Waals surface area (Å²) < 4.78 is 2.01. The first kappa shape index (κ1) is 15.3. The van der Waals surface area contributed by atoms with Crippen LogP contribution < -0.4 is 10.6 Å². The van der Waals surface area contributed by atoms with Crippen molar-refractivity contribution in [2.75, 3.05) is 38.1 Å². The van der Waals surface area contributed by atoms with Crippen LogP contribution in [0.4, 0.5) is 5.82 Å². The number of hydrogen-bond donors (Lipinski definition) is 1. The van der Waals surface area contributed by atoms with Gasteiger partial charge in [0.25, 0.3) is 0 Å². The van der Waals surface area contributed by atoms with Gasteiger partial charge < -0.3 is 10.6 Å². The summed E-state index contributed by atoms with van der Waals surface area (Å²) in [7, 11) is 4.22. The number of anilines is 1. The van der Waals surface area contributed by atoms with Crippen LogP contribution in [0.3, 0.4) is 0 Å². The Bertz CT molecular complexity index is 440. The van der Waals surface area contributed by atoms with Gasteiger partial charge in [-0.05, 0) is 45.8 Å². The van der Waals surface area contributed by atoms with Crippen molar-refractivity contribution in [3.63, 3.8) is 0 Å². The highest BCUT2D eigenvalue weighted by molar-refractivity contribution is 5.50. The average molecular weight is 279 g/mol. The van der Waals surface area contributed by atoms with Crippen LogP contribution in [-0.4, -0.2) is 53.9 Å². The van der Waals surface area contributed by atoms with Crippen molar-refractivity contribution in [1.82, 2.24) is 14.7 Å². The van der Waals surface area contributed by atoms with Crippen LogP contribution in [0.15, 0.2) is 0 Å². The summed E-state index contributed by atoms with van der Waals surface area (Å²) in [6.45, 7) is 8.48. The second-order valence-electron chi connectivity index (χ2n) is 5.86. The van der Waals surface area contributed by atoms with Crippen LogP contribution in [0.25, 0.3) is 0 Å². The van der Waals surface area contributed by atoms with Crippen LogP contribution in [0.1, 0.15) is 31.0 Å². The summed E-state index contributed by atoms with van der Waals surface area (Å²) in [6.07, 6.45) is 3.54. The van der Waals surface area contributed by atoms with Crippen LogP contribution >= 0.6 is 0 Å². The largest absolute Gasteiger partial charge is 0.358 e. The first-order valence-electron chi connectivity index (χ1n) is 7.76. The fourth-order valence-corrected chi connectivity index (χ4v) is 3.53. The van der Waals surface area contributed by atoms with Crippen LogP contribution in [-0.2, 0) is 13.5 Å². The van der Waals surface area contributed by atoms with Crippen molar-refractivity contribution in [1.29, 1.82) is 0 Å². The fraction of sp³-hybridized carbons (Fsp3) is 0.800. The Morgan fingerprint density at radius 1 is 1.45 bits per heavy atom. The van der Waals surface area contributed by atoms with Crippen LogP contribution in [0.5, 0.6) is 0 Å². The number of aromatic nitrogens is 2. The van der Waals surface area contributed by atoms with Gasteiger partial charge in [-0.2, -0.15) is 5.10 Å². The number of likely N-dealkylation sites (tertiary alicyclic amines) is 1. The monoisotopic (exact) mass is 279 g/mol. The van der Waals surface area contributed by atoms with E-state index in [4.69, 9.17) is 5.73 Å². The smallest absolute Gasteiger partial charge is 0.129 e. The summed E-state index contributed by atoms with van der Waals surface area (Å²) >= 11 is 0. The molecule has 0 radical (unpaired) electrons. The fourth-order valence-electron chi connectivity index (χ4n) is 3.53. The van der Waals surface area contributed by atoms with E-state index in [-0.39, 0.29) is 0 Å². The summed E-state index contributed by atoms with van der Waals surface area (Å²) in [4.78, 5) is 4.95. The van der Waals surface area contributed by atoms with Gasteiger partial charge in [0.05, 0.1) is 5.69 Å². The SMILES string of the molecule is CCN1CCCC1CN(C)c1c(CCN)c(C)nn1C. The lowest BCUT2D eigenvalue weighted by atomic mass is 10.1. The molecule has 5 heteroatoms. The molecule has 0 spiro atoms. The Morgan fingerprint density at radius 3 is 2.85 bits per heavy atom. The summed E-state index contributed by atoms with van der Waals surface area (Å²) in [5.41, 5.74) is 8.17. The van der Waals surface area contributed by atoms with Gasteiger partial charge in [0.2, 0.25) is 0 Å². The maximum absolute atomic E-state index is 5.75. The molecule has 1 aromatic rings. The first-order valence-corrected chi connectivity index (χ1v) is 7.76. The highest BCUT2D eigenvalue weighted by Crippen LogP contribution is 2.25. The zero-order valence-electron chi connectivity index (χ0n) is 13.4. The highest BCUT2D eigenvalue weighted by Gasteiger charge is 2.26. The number of nitrogens with two attached hydrogens (primary N) is 1. The standard InChI is InChI=1S/C15H29N5/c1-5-20-10-6-7-13(20)11-18(3)15-14(8-9-16)12(2)17-19(15)4/h13H,5-11,16H2,1-4H3. The van der Waals surface area contributed by atoms with Crippen molar-refractivity contribution in [3.05, 3.63) is 11.3 Å². The molecule has 1 fully saturated rings. The van der Waals surface area contributed by atoms with Gasteiger partial charge in [-0.3, -0.25) is 9.58 Å². The predicted molar refractivity (Wildman–Crippen MR) is 84.2 cm³/mol. The maximum atomic E-state index is 5.75. The minimum Gasteiger partial charge on any atom is -0.358 e. The molecule has 5 nitrogen and oxygen atoms in total. The third kappa shape index (κ3) is 2.99. The molecule has 0 aliphatic carbocycles. The minimum absolute atomic E-state index is 0.672. The van der Waals surface area contributed by atoms with Gasteiger partial charge in [0, 0.05) is 32.2 Å². The van der Waals surface area contributed by atoms with Gasteiger partial charge in [0.15, 0.2) is 0 Å².